The number of allylic oxidation sites excluding steroid dienone is 1. The molecule has 0 amide bonds. The van der Waals surface area contributed by atoms with Gasteiger partial charge in [-0.25, -0.2) is 0 Å². The zero-order valence-electron chi connectivity index (χ0n) is 24.3. The van der Waals surface area contributed by atoms with Crippen molar-refractivity contribution in [3.05, 3.63) is 11.1 Å². The van der Waals surface area contributed by atoms with Crippen LogP contribution in [0.3, 0.4) is 0 Å². The molecule has 7 unspecified atom stereocenters. The van der Waals surface area contributed by atoms with E-state index in [-0.39, 0.29) is 57.8 Å². The van der Waals surface area contributed by atoms with Crippen LogP contribution in [0.5, 0.6) is 0 Å². The van der Waals surface area contributed by atoms with Gasteiger partial charge in [-0.15, -0.1) is 0 Å². The van der Waals surface area contributed by atoms with Gasteiger partial charge in [-0.3, -0.25) is 14.4 Å². The molecule has 5 nitrogen and oxygen atoms in total. The fourth-order valence-corrected chi connectivity index (χ4v) is 11.3. The molecule has 1 N–H and O–H groups in total. The number of Topliss-reactive ketones (excluding diaryl/α,β-unsaturated/α-hetero) is 1. The number of carboxylic acid groups (broad SMARTS) is 1. The van der Waals surface area contributed by atoms with E-state index in [0.29, 0.717) is 18.3 Å². The first-order chi connectivity index (χ1) is 17.1. The highest BCUT2D eigenvalue weighted by Crippen LogP contribution is 2.76. The van der Waals surface area contributed by atoms with Crippen molar-refractivity contribution in [1.29, 1.82) is 0 Å². The minimum atomic E-state index is -0.991. The molecule has 5 rings (SSSR count). The van der Waals surface area contributed by atoms with Crippen molar-refractivity contribution in [3.63, 3.8) is 0 Å². The summed E-state index contributed by atoms with van der Waals surface area (Å²) in [5.41, 5.74) is 0.992. The number of hydrogen-bond donors (Lipinski definition) is 1. The van der Waals surface area contributed by atoms with Gasteiger partial charge in [0.05, 0.1) is 5.41 Å². The second-order valence-electron chi connectivity index (χ2n) is 15.0. The molecular weight excluding hydrogens is 464 g/mol. The first-order valence-electron chi connectivity index (χ1n) is 14.7. The predicted octanol–water partition coefficient (Wildman–Crippen LogP) is 6.98. The molecule has 5 aliphatic carbocycles. The van der Waals surface area contributed by atoms with Gasteiger partial charge in [-0.05, 0) is 102 Å². The summed E-state index contributed by atoms with van der Waals surface area (Å²) in [5.74, 6) is 0.341. The van der Waals surface area contributed by atoms with Gasteiger partial charge in [0.15, 0.2) is 5.78 Å². The first kappa shape index (κ1) is 26.9. The standard InChI is InChI=1S/C32H48O5/c1-18(2)25-21(34)17-32(27(35)36)16-15-30(7)20(26(25)32)9-10-23-29(6)13-12-24(37-19(3)33)28(4,5)22(29)11-14-31(23,30)8/h18,20,22-24H,9-17H2,1-8H3,(H,35,36)/t20?,22?,23?,24-,29?,30?,31?,32?/m0/s1. The van der Waals surface area contributed by atoms with Crippen LogP contribution in [-0.2, 0) is 19.1 Å². The van der Waals surface area contributed by atoms with Gasteiger partial charge in [-0.1, -0.05) is 48.5 Å². The van der Waals surface area contributed by atoms with E-state index in [0.717, 1.165) is 56.1 Å². The molecule has 4 fully saturated rings. The average molecular weight is 513 g/mol. The maximum Gasteiger partial charge on any atom is 0.314 e. The van der Waals surface area contributed by atoms with Crippen LogP contribution in [0.1, 0.15) is 113 Å². The molecule has 0 aliphatic heterocycles. The van der Waals surface area contributed by atoms with Crippen LogP contribution >= 0.6 is 0 Å². The first-order valence-corrected chi connectivity index (χ1v) is 14.7. The van der Waals surface area contributed by atoms with Crippen LogP contribution in [0.2, 0.25) is 0 Å². The van der Waals surface area contributed by atoms with Gasteiger partial charge >= 0.3 is 11.9 Å². The van der Waals surface area contributed by atoms with E-state index >= 15 is 0 Å². The van der Waals surface area contributed by atoms with Gasteiger partial charge in [0.1, 0.15) is 6.10 Å². The molecule has 206 valence electrons. The summed E-state index contributed by atoms with van der Waals surface area (Å²) in [6.07, 6.45) is 7.82. The molecule has 0 spiro atoms. The van der Waals surface area contributed by atoms with Crippen LogP contribution in [0.15, 0.2) is 11.1 Å². The average Bonchev–Trinajstić information content (AvgIpc) is 3.09. The van der Waals surface area contributed by atoms with Gasteiger partial charge in [-0.2, -0.15) is 0 Å². The molecule has 37 heavy (non-hydrogen) atoms. The van der Waals surface area contributed by atoms with Crippen LogP contribution in [0.25, 0.3) is 0 Å². The quantitative estimate of drug-likeness (QED) is 0.413. The van der Waals surface area contributed by atoms with Crippen LogP contribution in [-0.4, -0.2) is 28.9 Å². The molecule has 0 saturated heterocycles. The highest BCUT2D eigenvalue weighted by molar-refractivity contribution is 6.05. The Morgan fingerprint density at radius 3 is 2.16 bits per heavy atom. The normalized spacial score (nSPS) is 46.6. The van der Waals surface area contributed by atoms with Gasteiger partial charge < -0.3 is 9.84 Å². The summed E-state index contributed by atoms with van der Waals surface area (Å²) in [6, 6.07) is 0. The fourth-order valence-electron chi connectivity index (χ4n) is 11.3. The van der Waals surface area contributed by atoms with Crippen molar-refractivity contribution >= 4 is 17.7 Å². The fraction of sp³-hybridized carbons (Fsp3) is 0.844. The number of rotatable bonds is 3. The van der Waals surface area contributed by atoms with Gasteiger partial charge in [0, 0.05) is 18.8 Å². The lowest BCUT2D eigenvalue weighted by Crippen LogP contribution is -2.66. The summed E-state index contributed by atoms with van der Waals surface area (Å²) in [4.78, 5) is 38.0. The van der Waals surface area contributed by atoms with E-state index < -0.39 is 11.4 Å². The lowest BCUT2D eigenvalue weighted by atomic mass is 9.33. The topological polar surface area (TPSA) is 80.7 Å². The minimum absolute atomic E-state index is 0.0280. The molecule has 8 atom stereocenters. The number of fused-ring (bicyclic) bond motifs is 7. The van der Waals surface area contributed by atoms with Crippen LogP contribution < -0.4 is 0 Å². The van der Waals surface area contributed by atoms with Crippen molar-refractivity contribution in [2.75, 3.05) is 0 Å². The van der Waals surface area contributed by atoms with E-state index in [4.69, 9.17) is 4.74 Å². The Kier molecular flexibility index (Phi) is 5.95. The second kappa shape index (κ2) is 8.18. The third-order valence-corrected chi connectivity index (χ3v) is 13.1. The number of carbonyl (C=O) groups excluding carboxylic acids is 2. The van der Waals surface area contributed by atoms with Crippen molar-refractivity contribution in [1.82, 2.24) is 0 Å². The van der Waals surface area contributed by atoms with Crippen molar-refractivity contribution in [3.8, 4) is 0 Å². The summed E-state index contributed by atoms with van der Waals surface area (Å²) < 4.78 is 5.86. The minimum Gasteiger partial charge on any atom is -0.481 e. The smallest absolute Gasteiger partial charge is 0.314 e. The summed E-state index contributed by atoms with van der Waals surface area (Å²) >= 11 is 0. The van der Waals surface area contributed by atoms with Gasteiger partial charge in [0.2, 0.25) is 0 Å². The highest BCUT2D eigenvalue weighted by Gasteiger charge is 2.71. The number of ether oxygens (including phenoxy) is 1. The van der Waals surface area contributed by atoms with Crippen molar-refractivity contribution in [2.45, 2.75) is 119 Å². The third-order valence-electron chi connectivity index (χ3n) is 13.1. The number of ketones is 1. The number of aliphatic carboxylic acids is 1. The van der Waals surface area contributed by atoms with Crippen LogP contribution in [0.4, 0.5) is 0 Å². The zero-order chi connectivity index (χ0) is 27.3. The molecule has 0 aromatic heterocycles. The number of carboxylic acids is 1. The largest absolute Gasteiger partial charge is 0.481 e. The van der Waals surface area contributed by atoms with E-state index in [9.17, 15) is 19.5 Å². The Balaban J connectivity index is 1.57. The number of hydrogen-bond acceptors (Lipinski definition) is 4. The summed E-state index contributed by atoms with van der Waals surface area (Å²) in [5, 5.41) is 10.5. The van der Waals surface area contributed by atoms with Crippen LogP contribution in [0, 0.1) is 50.7 Å². The van der Waals surface area contributed by atoms with Crippen molar-refractivity contribution in [2.24, 2.45) is 50.7 Å². The monoisotopic (exact) mass is 512 g/mol. The third kappa shape index (κ3) is 3.30. The predicted molar refractivity (Wildman–Crippen MR) is 143 cm³/mol. The molecular formula is C32H48O5. The maximum absolute atomic E-state index is 13.3. The van der Waals surface area contributed by atoms with E-state index in [1.54, 1.807) is 0 Å². The molecule has 0 aromatic carbocycles. The molecule has 4 saturated carbocycles. The molecule has 5 heteroatoms. The Hall–Kier alpha value is -1.65. The Morgan fingerprint density at radius 2 is 1.57 bits per heavy atom. The SMILES string of the molecule is CC(=O)O[C@H]1CCC2(C)C(CCC3(C)C2CCC2C4=C(C(C)C)C(=O)CC4(C(=O)O)CCC23C)C1(C)C. The zero-order valence-corrected chi connectivity index (χ0v) is 24.3. The summed E-state index contributed by atoms with van der Waals surface area (Å²) in [6.45, 7) is 17.7. The van der Waals surface area contributed by atoms with E-state index in [1.807, 2.05) is 0 Å². The maximum atomic E-state index is 13.3. The highest BCUT2D eigenvalue weighted by atomic mass is 16.5. The molecule has 0 aromatic rings. The Morgan fingerprint density at radius 1 is 0.892 bits per heavy atom. The molecule has 0 heterocycles. The molecule has 0 radical (unpaired) electrons. The lowest BCUT2D eigenvalue weighted by molar-refractivity contribution is -0.233. The summed E-state index contributed by atoms with van der Waals surface area (Å²) in [7, 11) is 0. The second-order valence-corrected chi connectivity index (χ2v) is 15.0. The molecule has 0 bridgehead atoms. The Labute approximate surface area is 223 Å². The lowest BCUT2D eigenvalue weighted by Gasteiger charge is -2.72. The van der Waals surface area contributed by atoms with E-state index in [1.165, 1.54) is 6.92 Å². The van der Waals surface area contributed by atoms with Crippen molar-refractivity contribution < 1.29 is 24.2 Å². The van der Waals surface area contributed by atoms with E-state index in [2.05, 4.69) is 48.5 Å². The Bertz CT molecular complexity index is 1070. The molecule has 5 aliphatic rings. The number of esters is 1. The number of carbonyl (C=O) groups is 3. The van der Waals surface area contributed by atoms with Gasteiger partial charge in [0.25, 0.3) is 0 Å².